The lowest BCUT2D eigenvalue weighted by atomic mass is 10.1. The number of nitrogens with one attached hydrogen (secondary N) is 2. The van der Waals surface area contributed by atoms with Crippen LogP contribution in [0.2, 0.25) is 0 Å². The van der Waals surface area contributed by atoms with Gasteiger partial charge in [0.05, 0.1) is 22.5 Å². The van der Waals surface area contributed by atoms with Crippen molar-refractivity contribution in [1.82, 2.24) is 14.6 Å². The minimum Gasteiger partial charge on any atom is -0.382 e. The molecule has 13 heteroatoms. The molecule has 39 heavy (non-hydrogen) atoms. The third-order valence-electron chi connectivity index (χ3n) is 6.69. The minimum absolute atomic E-state index is 0.0627. The fraction of sp³-hybridized carbons (Fsp3) is 0.346. The number of carbonyl (C=O) groups is 1. The zero-order valence-electron chi connectivity index (χ0n) is 21.4. The number of hydrogen-bond acceptors (Lipinski definition) is 9. The van der Waals surface area contributed by atoms with Gasteiger partial charge in [-0.3, -0.25) is 9.79 Å². The topological polar surface area (TPSA) is 130 Å². The van der Waals surface area contributed by atoms with E-state index < -0.39 is 33.0 Å². The van der Waals surface area contributed by atoms with Crippen LogP contribution in [0.15, 0.2) is 52.4 Å². The number of ketones is 1. The van der Waals surface area contributed by atoms with Crippen LogP contribution in [0.3, 0.4) is 0 Å². The molecule has 0 spiro atoms. The number of halogens is 2. The zero-order valence-corrected chi connectivity index (χ0v) is 23.0. The second kappa shape index (κ2) is 10.3. The van der Waals surface area contributed by atoms with Gasteiger partial charge in [0.2, 0.25) is 15.8 Å². The molecule has 2 aliphatic rings. The Hall–Kier alpha value is -3.42. The summed E-state index contributed by atoms with van der Waals surface area (Å²) in [6.07, 6.45) is 0.996. The van der Waals surface area contributed by atoms with Crippen LogP contribution in [0.25, 0.3) is 0 Å². The first-order valence-electron chi connectivity index (χ1n) is 12.4. The molecular formula is C26H28F2N6O3S2. The Bertz CT molecular complexity index is 1530. The second-order valence-corrected chi connectivity index (χ2v) is 13.1. The van der Waals surface area contributed by atoms with Crippen molar-refractivity contribution in [2.24, 2.45) is 4.99 Å². The third kappa shape index (κ3) is 5.52. The lowest BCUT2D eigenvalue weighted by molar-refractivity contribution is 0.103. The van der Waals surface area contributed by atoms with Crippen LogP contribution >= 0.6 is 11.3 Å². The van der Waals surface area contributed by atoms with Gasteiger partial charge in [-0.05, 0) is 63.1 Å². The summed E-state index contributed by atoms with van der Waals surface area (Å²) in [6, 6.07) is 9.78. The number of hydrogen-bond donors (Lipinski definition) is 3. The average molecular weight is 575 g/mol. The molecule has 0 atom stereocenters. The zero-order chi connectivity index (χ0) is 27.9. The number of piperidine rings is 1. The number of nitrogen functional groups attached to an aromatic ring is 1. The number of sulfonamides is 1. The number of carbonyl (C=O) groups excluding carboxylic acids is 1. The number of benzene rings is 2. The van der Waals surface area contributed by atoms with E-state index in [2.05, 4.69) is 34.5 Å². The molecule has 3 aromatic rings. The van der Waals surface area contributed by atoms with Crippen molar-refractivity contribution in [2.75, 3.05) is 30.7 Å². The summed E-state index contributed by atoms with van der Waals surface area (Å²) in [5.41, 5.74) is 5.92. The second-order valence-electron chi connectivity index (χ2n) is 10.2. The van der Waals surface area contributed by atoms with Crippen molar-refractivity contribution in [1.29, 1.82) is 0 Å². The Balaban J connectivity index is 1.21. The van der Waals surface area contributed by atoms with Gasteiger partial charge >= 0.3 is 0 Å². The van der Waals surface area contributed by atoms with E-state index in [0.29, 0.717) is 24.5 Å². The van der Waals surface area contributed by atoms with Gasteiger partial charge in [0.1, 0.15) is 28.2 Å². The monoisotopic (exact) mass is 574 g/mol. The first-order chi connectivity index (χ1) is 18.4. The van der Waals surface area contributed by atoms with E-state index >= 15 is 0 Å². The molecule has 5 rings (SSSR count). The van der Waals surface area contributed by atoms with Gasteiger partial charge in [0.25, 0.3) is 0 Å². The summed E-state index contributed by atoms with van der Waals surface area (Å²) >= 11 is 0.911. The summed E-state index contributed by atoms with van der Waals surface area (Å²) in [4.78, 5) is 21.5. The lowest BCUT2D eigenvalue weighted by Gasteiger charge is -2.31. The van der Waals surface area contributed by atoms with Crippen LogP contribution in [0, 0.1) is 11.6 Å². The molecule has 0 radical (unpaired) electrons. The SMILES string of the molecule is CC1(C)CN=C(c2ccc(S(=O)(=O)N3CCC(Nc4nc(N)c(C(=O)c5c(F)cccc5F)s4)CC3)cc2)N1. The normalized spacial score (nSPS) is 18.0. The largest absolute Gasteiger partial charge is 0.382 e. The van der Waals surface area contributed by atoms with E-state index in [1.807, 2.05) is 0 Å². The molecular weight excluding hydrogens is 546 g/mol. The number of nitrogens with zero attached hydrogens (tertiary/aromatic N) is 3. The molecule has 3 heterocycles. The molecule has 9 nitrogen and oxygen atoms in total. The van der Waals surface area contributed by atoms with Crippen LogP contribution in [0.4, 0.5) is 19.7 Å². The predicted octanol–water partition coefficient (Wildman–Crippen LogP) is 3.63. The maximum absolute atomic E-state index is 14.1. The summed E-state index contributed by atoms with van der Waals surface area (Å²) in [5.74, 6) is -2.19. The van der Waals surface area contributed by atoms with Crippen molar-refractivity contribution < 1.29 is 22.0 Å². The van der Waals surface area contributed by atoms with Crippen molar-refractivity contribution in [2.45, 2.75) is 43.2 Å². The molecule has 1 fully saturated rings. The summed E-state index contributed by atoms with van der Waals surface area (Å²) in [6.45, 7) is 5.33. The molecule has 0 saturated carbocycles. The van der Waals surface area contributed by atoms with Crippen LogP contribution in [-0.2, 0) is 10.0 Å². The van der Waals surface area contributed by atoms with E-state index in [9.17, 15) is 22.0 Å². The maximum Gasteiger partial charge on any atom is 0.243 e. The van der Waals surface area contributed by atoms with Gasteiger partial charge in [-0.15, -0.1) is 0 Å². The van der Waals surface area contributed by atoms with Crippen molar-refractivity contribution in [3.8, 4) is 0 Å². The number of aromatic nitrogens is 1. The molecule has 4 N–H and O–H groups in total. The lowest BCUT2D eigenvalue weighted by Crippen LogP contribution is -2.42. The predicted molar refractivity (Wildman–Crippen MR) is 147 cm³/mol. The number of thiazole rings is 1. The van der Waals surface area contributed by atoms with E-state index in [1.165, 1.54) is 10.4 Å². The Kier molecular flexibility index (Phi) is 7.16. The molecule has 0 bridgehead atoms. The van der Waals surface area contributed by atoms with Crippen LogP contribution in [0.1, 0.15) is 47.5 Å². The van der Waals surface area contributed by atoms with Crippen molar-refractivity contribution in [3.05, 3.63) is 70.1 Å². The fourth-order valence-corrected chi connectivity index (χ4v) is 6.95. The standard InChI is InChI=1S/C26H28F2N6O3S2/c1-26(2)14-30-24(33-26)15-6-8-17(9-7-15)39(36,37)34-12-10-16(11-13-34)31-25-32-23(29)22(38-25)21(35)20-18(27)4-3-5-19(20)28/h3-9,16H,10-14,29H2,1-2H3,(H,30,33)(H,31,32). The average Bonchev–Trinajstić information content (AvgIpc) is 3.45. The minimum atomic E-state index is -3.68. The van der Waals surface area contributed by atoms with Gasteiger partial charge in [0, 0.05) is 24.7 Å². The Morgan fingerprint density at radius 3 is 2.36 bits per heavy atom. The first kappa shape index (κ1) is 27.2. The van der Waals surface area contributed by atoms with Gasteiger partial charge in [-0.1, -0.05) is 17.4 Å². The molecule has 0 amide bonds. The highest BCUT2D eigenvalue weighted by atomic mass is 32.2. The maximum atomic E-state index is 14.1. The molecule has 2 aromatic carbocycles. The highest BCUT2D eigenvalue weighted by molar-refractivity contribution is 7.89. The van der Waals surface area contributed by atoms with Crippen LogP contribution in [-0.4, -0.2) is 60.5 Å². The number of rotatable bonds is 7. The Morgan fingerprint density at radius 1 is 1.13 bits per heavy atom. The van der Waals surface area contributed by atoms with E-state index in [0.717, 1.165) is 34.9 Å². The molecule has 1 aromatic heterocycles. The Labute approximate surface area is 229 Å². The van der Waals surface area contributed by atoms with Gasteiger partial charge < -0.3 is 16.4 Å². The van der Waals surface area contributed by atoms with Crippen molar-refractivity contribution in [3.63, 3.8) is 0 Å². The number of anilines is 2. The molecule has 0 aliphatic carbocycles. The highest BCUT2D eigenvalue weighted by Crippen LogP contribution is 2.31. The van der Waals surface area contributed by atoms with Gasteiger partial charge in [0.15, 0.2) is 5.13 Å². The Morgan fingerprint density at radius 2 is 1.77 bits per heavy atom. The number of amidine groups is 1. The first-order valence-corrected chi connectivity index (χ1v) is 14.6. The molecule has 0 unspecified atom stereocenters. The van der Waals surface area contributed by atoms with E-state index in [4.69, 9.17) is 5.73 Å². The molecule has 1 saturated heterocycles. The smallest absolute Gasteiger partial charge is 0.243 e. The fourth-order valence-electron chi connectivity index (χ4n) is 4.57. The summed E-state index contributed by atoms with van der Waals surface area (Å²) in [7, 11) is -3.68. The third-order valence-corrected chi connectivity index (χ3v) is 9.60. The van der Waals surface area contributed by atoms with Gasteiger partial charge in [-0.2, -0.15) is 4.31 Å². The van der Waals surface area contributed by atoms with E-state index in [1.54, 1.807) is 24.3 Å². The quantitative estimate of drug-likeness (QED) is 0.368. The van der Waals surface area contributed by atoms with Crippen molar-refractivity contribution >= 4 is 43.9 Å². The van der Waals surface area contributed by atoms with Crippen LogP contribution < -0.4 is 16.4 Å². The highest BCUT2D eigenvalue weighted by Gasteiger charge is 2.31. The van der Waals surface area contributed by atoms with Gasteiger partial charge in [-0.25, -0.2) is 22.2 Å². The summed E-state index contributed by atoms with van der Waals surface area (Å²) in [5, 5.41) is 6.85. The number of aliphatic imine (C=N–C) groups is 1. The number of nitrogens with two attached hydrogens (primary N) is 1. The molecule has 2 aliphatic heterocycles. The summed E-state index contributed by atoms with van der Waals surface area (Å²) < 4.78 is 56.1. The molecule has 206 valence electrons. The van der Waals surface area contributed by atoms with E-state index in [-0.39, 0.29) is 40.3 Å². The van der Waals surface area contributed by atoms with Crippen LogP contribution in [0.5, 0.6) is 0 Å².